The molecule has 2 aromatic rings. The van der Waals surface area contributed by atoms with Gasteiger partial charge in [-0.05, 0) is 26.8 Å². The average molecular weight is 285 g/mol. The Morgan fingerprint density at radius 2 is 2.10 bits per heavy atom. The van der Waals surface area contributed by atoms with E-state index in [9.17, 15) is 0 Å². The minimum Gasteiger partial charge on any atom is -0.491 e. The van der Waals surface area contributed by atoms with E-state index < -0.39 is 0 Å². The summed E-state index contributed by atoms with van der Waals surface area (Å²) in [5.41, 5.74) is 2.30. The van der Waals surface area contributed by atoms with Gasteiger partial charge in [0.1, 0.15) is 5.75 Å². The van der Waals surface area contributed by atoms with Gasteiger partial charge in [0.25, 0.3) is 0 Å². The molecular weight excluding hydrogens is 262 g/mol. The maximum absolute atomic E-state index is 5.87. The Labute approximate surface area is 126 Å². The van der Waals surface area contributed by atoms with Crippen molar-refractivity contribution in [1.29, 1.82) is 0 Å². The Morgan fingerprint density at radius 3 is 2.76 bits per heavy atom. The topological polar surface area (TPSA) is 39.1 Å². The maximum atomic E-state index is 5.87. The highest BCUT2D eigenvalue weighted by atomic mass is 16.5. The summed E-state index contributed by atoms with van der Waals surface area (Å²) >= 11 is 0. The van der Waals surface area contributed by atoms with Gasteiger partial charge in [-0.2, -0.15) is 5.10 Å². The van der Waals surface area contributed by atoms with Gasteiger partial charge in [0, 0.05) is 36.1 Å². The molecule has 1 aromatic carbocycles. The van der Waals surface area contributed by atoms with Gasteiger partial charge in [-0.25, -0.2) is 4.68 Å². The number of nitrogens with zero attached hydrogens (tertiary/aromatic N) is 2. The summed E-state index contributed by atoms with van der Waals surface area (Å²) in [6.07, 6.45) is 5.66. The van der Waals surface area contributed by atoms with Gasteiger partial charge in [-0.3, -0.25) is 0 Å². The van der Waals surface area contributed by atoms with Crippen LogP contribution in [-0.4, -0.2) is 15.9 Å². The molecule has 0 fully saturated rings. The number of aromatic nitrogens is 2. The van der Waals surface area contributed by atoms with E-state index >= 15 is 0 Å². The number of para-hydroxylation sites is 1. The van der Waals surface area contributed by atoms with E-state index in [0.29, 0.717) is 0 Å². The molecule has 0 aliphatic rings. The minimum atomic E-state index is 0.171. The number of benzene rings is 1. The van der Waals surface area contributed by atoms with E-state index in [0.717, 1.165) is 17.9 Å². The van der Waals surface area contributed by atoms with Gasteiger partial charge in [0.2, 0.25) is 0 Å². The molecular formula is C17H23N3O. The van der Waals surface area contributed by atoms with Crippen LogP contribution in [0.25, 0.3) is 6.20 Å². The Hall–Kier alpha value is -2.07. The molecule has 112 valence electrons. The summed E-state index contributed by atoms with van der Waals surface area (Å²) < 4.78 is 7.58. The van der Waals surface area contributed by atoms with E-state index in [-0.39, 0.29) is 12.1 Å². The summed E-state index contributed by atoms with van der Waals surface area (Å²) in [4.78, 5) is 0. The fourth-order valence-electron chi connectivity index (χ4n) is 2.15. The summed E-state index contributed by atoms with van der Waals surface area (Å²) in [6.45, 7) is 10.7. The molecule has 0 spiro atoms. The van der Waals surface area contributed by atoms with E-state index in [1.807, 2.05) is 44.4 Å². The van der Waals surface area contributed by atoms with E-state index in [1.165, 1.54) is 5.56 Å². The van der Waals surface area contributed by atoms with Crippen LogP contribution in [0.2, 0.25) is 0 Å². The highest BCUT2D eigenvalue weighted by Gasteiger charge is 2.12. The predicted molar refractivity (Wildman–Crippen MR) is 86.1 cm³/mol. The Balaban J connectivity index is 2.02. The van der Waals surface area contributed by atoms with Gasteiger partial charge < -0.3 is 10.1 Å². The minimum absolute atomic E-state index is 0.171. The second kappa shape index (κ2) is 7.09. The second-order valence-electron chi connectivity index (χ2n) is 5.32. The third-order valence-corrected chi connectivity index (χ3v) is 3.20. The molecule has 0 saturated heterocycles. The lowest BCUT2D eigenvalue weighted by molar-refractivity contribution is 0.238. The summed E-state index contributed by atoms with van der Waals surface area (Å²) in [5, 5.41) is 7.67. The molecule has 0 aliphatic heterocycles. The fraction of sp³-hybridized carbons (Fsp3) is 0.353. The monoisotopic (exact) mass is 285 g/mol. The molecule has 1 heterocycles. The van der Waals surface area contributed by atoms with Gasteiger partial charge in [0.15, 0.2) is 0 Å². The lowest BCUT2D eigenvalue weighted by atomic mass is 10.1. The lowest BCUT2D eigenvalue weighted by Crippen LogP contribution is -2.19. The van der Waals surface area contributed by atoms with Gasteiger partial charge in [-0.1, -0.05) is 24.8 Å². The van der Waals surface area contributed by atoms with Crippen molar-refractivity contribution in [2.45, 2.75) is 39.5 Å². The van der Waals surface area contributed by atoms with Crippen molar-refractivity contribution in [3.05, 3.63) is 54.4 Å². The highest BCUT2D eigenvalue weighted by molar-refractivity contribution is 5.35. The average Bonchev–Trinajstić information content (AvgIpc) is 2.93. The van der Waals surface area contributed by atoms with Crippen LogP contribution in [0.1, 0.15) is 37.9 Å². The molecule has 4 nitrogen and oxygen atoms in total. The van der Waals surface area contributed by atoms with Crippen LogP contribution in [0.5, 0.6) is 5.75 Å². The first kappa shape index (κ1) is 15.3. The molecule has 21 heavy (non-hydrogen) atoms. The van der Waals surface area contributed by atoms with Gasteiger partial charge >= 0.3 is 0 Å². The van der Waals surface area contributed by atoms with Gasteiger partial charge in [0.05, 0.1) is 12.3 Å². The van der Waals surface area contributed by atoms with E-state index in [2.05, 4.69) is 30.0 Å². The first-order chi connectivity index (χ1) is 10.1. The first-order valence-electron chi connectivity index (χ1n) is 7.24. The molecule has 0 radical (unpaired) electrons. The lowest BCUT2D eigenvalue weighted by Gasteiger charge is -2.19. The van der Waals surface area contributed by atoms with Crippen LogP contribution >= 0.6 is 0 Å². The Bertz CT molecular complexity index is 589. The molecule has 0 saturated carbocycles. The Kier molecular flexibility index (Phi) is 5.17. The maximum Gasteiger partial charge on any atom is 0.124 e. The number of rotatable bonds is 7. The largest absolute Gasteiger partial charge is 0.491 e. The molecule has 1 unspecified atom stereocenters. The summed E-state index contributed by atoms with van der Waals surface area (Å²) in [5.74, 6) is 0.939. The zero-order chi connectivity index (χ0) is 15.2. The van der Waals surface area contributed by atoms with Crippen molar-refractivity contribution in [3.8, 4) is 5.75 Å². The van der Waals surface area contributed by atoms with Crippen LogP contribution in [0.15, 0.2) is 43.2 Å². The smallest absolute Gasteiger partial charge is 0.124 e. The predicted octanol–water partition coefficient (Wildman–Crippen LogP) is 3.62. The van der Waals surface area contributed by atoms with Crippen molar-refractivity contribution in [3.63, 3.8) is 0 Å². The third kappa shape index (κ3) is 4.20. The number of nitrogens with one attached hydrogen (secondary N) is 1. The first-order valence-corrected chi connectivity index (χ1v) is 7.24. The van der Waals surface area contributed by atoms with Crippen LogP contribution in [0.4, 0.5) is 0 Å². The number of hydrogen-bond donors (Lipinski definition) is 1. The van der Waals surface area contributed by atoms with Crippen molar-refractivity contribution in [1.82, 2.24) is 15.1 Å². The van der Waals surface area contributed by atoms with Crippen molar-refractivity contribution in [2.75, 3.05) is 0 Å². The zero-order valence-corrected chi connectivity index (χ0v) is 12.9. The van der Waals surface area contributed by atoms with Crippen LogP contribution in [-0.2, 0) is 6.54 Å². The SMILES string of the molecule is C=Cn1cc(CNC(C)c2ccccc2OC(C)C)cn1. The summed E-state index contributed by atoms with van der Waals surface area (Å²) in [6, 6.07) is 8.36. The van der Waals surface area contributed by atoms with E-state index in [4.69, 9.17) is 4.74 Å². The number of ether oxygens (including phenoxy) is 1. The molecule has 1 aromatic heterocycles. The zero-order valence-electron chi connectivity index (χ0n) is 12.9. The normalized spacial score (nSPS) is 12.4. The van der Waals surface area contributed by atoms with Gasteiger partial charge in [-0.15, -0.1) is 0 Å². The quantitative estimate of drug-likeness (QED) is 0.844. The van der Waals surface area contributed by atoms with Crippen molar-refractivity contribution >= 4 is 6.20 Å². The highest BCUT2D eigenvalue weighted by Crippen LogP contribution is 2.25. The molecule has 1 N–H and O–H groups in total. The fourth-order valence-corrected chi connectivity index (χ4v) is 2.15. The second-order valence-corrected chi connectivity index (χ2v) is 5.32. The molecule has 0 bridgehead atoms. The van der Waals surface area contributed by atoms with Crippen LogP contribution in [0.3, 0.4) is 0 Å². The van der Waals surface area contributed by atoms with Crippen LogP contribution in [0, 0.1) is 0 Å². The third-order valence-electron chi connectivity index (χ3n) is 3.20. The van der Waals surface area contributed by atoms with E-state index in [1.54, 1.807) is 10.9 Å². The molecule has 2 rings (SSSR count). The Morgan fingerprint density at radius 1 is 1.33 bits per heavy atom. The molecule has 0 aliphatic carbocycles. The van der Waals surface area contributed by atoms with Crippen molar-refractivity contribution in [2.24, 2.45) is 0 Å². The van der Waals surface area contributed by atoms with Crippen molar-refractivity contribution < 1.29 is 4.74 Å². The standard InChI is InChI=1S/C17H23N3O/c1-5-20-12-15(11-19-20)10-18-14(4)16-8-6-7-9-17(16)21-13(2)3/h5-9,11-14,18H,1,10H2,2-4H3. The molecule has 4 heteroatoms. The van der Waals surface area contributed by atoms with Crippen LogP contribution < -0.4 is 10.1 Å². The number of hydrogen-bond acceptors (Lipinski definition) is 3. The molecule has 0 amide bonds. The molecule has 1 atom stereocenters. The summed E-state index contributed by atoms with van der Waals surface area (Å²) in [7, 11) is 0.